The van der Waals surface area contributed by atoms with Crippen LogP contribution in [-0.4, -0.2) is 75.5 Å². The van der Waals surface area contributed by atoms with Crippen LogP contribution in [0.1, 0.15) is 45.4 Å². The van der Waals surface area contributed by atoms with E-state index in [2.05, 4.69) is 10.6 Å². The number of hydrogen-bond acceptors (Lipinski definition) is 7. The van der Waals surface area contributed by atoms with Crippen LogP contribution < -0.4 is 10.6 Å². The van der Waals surface area contributed by atoms with E-state index in [1.54, 1.807) is 0 Å². The van der Waals surface area contributed by atoms with Gasteiger partial charge in [0.15, 0.2) is 0 Å². The second-order valence-corrected chi connectivity index (χ2v) is 13.6. The smallest absolute Gasteiger partial charge is 0.327 e. The molecule has 0 aromatic heterocycles. The Morgan fingerprint density at radius 3 is 2.30 bits per heavy atom. The molecule has 0 radical (unpaired) electrons. The molecule has 4 bridgehead atoms. The van der Waals surface area contributed by atoms with E-state index in [-0.39, 0.29) is 23.0 Å². The number of amides is 3. The van der Waals surface area contributed by atoms with Gasteiger partial charge >= 0.3 is 5.97 Å². The van der Waals surface area contributed by atoms with Crippen molar-refractivity contribution < 1.29 is 24.3 Å². The molecule has 184 valence electrons. The largest absolute Gasteiger partial charge is 0.480 e. The van der Waals surface area contributed by atoms with E-state index in [4.69, 9.17) is 0 Å². The Kier molecular flexibility index (Phi) is 8.10. The summed E-state index contributed by atoms with van der Waals surface area (Å²) in [6.07, 6.45) is 7.08. The number of carboxylic acids is 1. The van der Waals surface area contributed by atoms with Gasteiger partial charge in [0.25, 0.3) is 0 Å². The minimum absolute atomic E-state index is 0.141. The van der Waals surface area contributed by atoms with Crippen LogP contribution in [-0.2, 0) is 19.2 Å². The first-order valence-corrected chi connectivity index (χ1v) is 15.3. The maximum atomic E-state index is 13.0. The molecule has 3 amide bonds. The Bertz CT molecular complexity index is 760. The lowest BCUT2D eigenvalue weighted by atomic mass is 9.49. The predicted octanol–water partition coefficient (Wildman–Crippen LogP) is 2.19. The first-order chi connectivity index (χ1) is 15.8. The lowest BCUT2D eigenvalue weighted by Crippen LogP contribution is -2.53. The molecule has 33 heavy (non-hydrogen) atoms. The molecular formula is C22H33N3O5S3. The summed E-state index contributed by atoms with van der Waals surface area (Å²) in [4.78, 5) is 50.2. The molecule has 0 aromatic rings. The minimum atomic E-state index is -1.09. The number of carbonyl (C=O) groups excluding carboxylic acids is 3. The number of nitrogens with one attached hydrogen (secondary N) is 2. The predicted molar refractivity (Wildman–Crippen MR) is 132 cm³/mol. The maximum absolute atomic E-state index is 13.0. The third kappa shape index (κ3) is 5.78. The number of hydrogen-bond donors (Lipinski definition) is 3. The van der Waals surface area contributed by atoms with Gasteiger partial charge in [-0.15, -0.1) is 11.8 Å². The van der Waals surface area contributed by atoms with Crippen LogP contribution in [0.2, 0.25) is 0 Å². The second-order valence-electron chi connectivity index (χ2n) is 9.96. The number of carboxylic acid groups (broad SMARTS) is 1. The van der Waals surface area contributed by atoms with E-state index in [9.17, 15) is 24.3 Å². The van der Waals surface area contributed by atoms with Gasteiger partial charge in [-0.25, -0.2) is 4.79 Å². The SMILES string of the molecule is CC(=O)N1CSC[C@H]1C(=O)N[C@@H](CSSCCNC(=O)C12CC3CC(CC(C3)C1)C2)C(=O)O. The Morgan fingerprint density at radius 1 is 1.09 bits per heavy atom. The normalized spacial score (nSPS) is 33.1. The Hall–Kier alpha value is -1.07. The first-order valence-electron chi connectivity index (χ1n) is 11.7. The van der Waals surface area contributed by atoms with Crippen molar-refractivity contribution in [2.45, 2.75) is 57.5 Å². The minimum Gasteiger partial charge on any atom is -0.480 e. The van der Waals surface area contributed by atoms with Crippen molar-refractivity contribution in [2.75, 3.05) is 29.7 Å². The highest BCUT2D eigenvalue weighted by Crippen LogP contribution is 2.60. The lowest BCUT2D eigenvalue weighted by Gasteiger charge is -2.55. The summed E-state index contributed by atoms with van der Waals surface area (Å²) in [6.45, 7) is 1.98. The third-order valence-electron chi connectivity index (χ3n) is 7.51. The molecule has 1 aliphatic heterocycles. The molecule has 8 nitrogen and oxygen atoms in total. The van der Waals surface area contributed by atoms with Crippen molar-refractivity contribution in [3.8, 4) is 0 Å². The Labute approximate surface area is 206 Å². The van der Waals surface area contributed by atoms with Crippen molar-refractivity contribution >= 4 is 57.0 Å². The van der Waals surface area contributed by atoms with E-state index in [0.717, 1.165) is 37.0 Å². The molecule has 5 rings (SSSR count). The zero-order valence-electron chi connectivity index (χ0n) is 18.9. The number of carbonyl (C=O) groups is 4. The van der Waals surface area contributed by atoms with Gasteiger partial charge < -0.3 is 20.6 Å². The maximum Gasteiger partial charge on any atom is 0.327 e. The van der Waals surface area contributed by atoms with Crippen molar-refractivity contribution in [1.29, 1.82) is 0 Å². The van der Waals surface area contributed by atoms with Gasteiger partial charge in [-0.1, -0.05) is 21.6 Å². The molecule has 0 aromatic carbocycles. The average molecular weight is 516 g/mol. The second kappa shape index (κ2) is 10.7. The molecule has 5 fully saturated rings. The molecule has 2 atom stereocenters. The zero-order chi connectivity index (χ0) is 23.6. The van der Waals surface area contributed by atoms with Crippen LogP contribution >= 0.6 is 33.3 Å². The van der Waals surface area contributed by atoms with Crippen LogP contribution in [0.15, 0.2) is 0 Å². The van der Waals surface area contributed by atoms with Crippen LogP contribution in [0.3, 0.4) is 0 Å². The number of thioether (sulfide) groups is 1. The van der Waals surface area contributed by atoms with E-state index >= 15 is 0 Å². The molecule has 0 unspecified atom stereocenters. The van der Waals surface area contributed by atoms with Gasteiger partial charge in [-0.3, -0.25) is 14.4 Å². The highest BCUT2D eigenvalue weighted by molar-refractivity contribution is 8.76. The number of nitrogens with zero attached hydrogens (tertiary/aromatic N) is 1. The monoisotopic (exact) mass is 515 g/mol. The number of rotatable bonds is 10. The van der Waals surface area contributed by atoms with Crippen molar-refractivity contribution in [1.82, 2.24) is 15.5 Å². The summed E-state index contributed by atoms with van der Waals surface area (Å²) in [6, 6.07) is -1.64. The Morgan fingerprint density at radius 2 is 1.73 bits per heavy atom. The van der Waals surface area contributed by atoms with Crippen LogP contribution in [0.25, 0.3) is 0 Å². The summed E-state index contributed by atoms with van der Waals surface area (Å²) in [5.41, 5.74) is -0.141. The summed E-state index contributed by atoms with van der Waals surface area (Å²) in [5.74, 6) is 2.55. The molecule has 1 heterocycles. The summed E-state index contributed by atoms with van der Waals surface area (Å²) >= 11 is 1.48. The summed E-state index contributed by atoms with van der Waals surface area (Å²) in [5, 5.41) is 15.2. The molecule has 3 N–H and O–H groups in total. The van der Waals surface area contributed by atoms with Crippen molar-refractivity contribution in [3.05, 3.63) is 0 Å². The fraction of sp³-hybridized carbons (Fsp3) is 0.818. The summed E-state index contributed by atoms with van der Waals surface area (Å²) in [7, 11) is 2.88. The molecule has 4 saturated carbocycles. The number of aliphatic carboxylic acids is 1. The van der Waals surface area contributed by atoms with E-state index in [1.807, 2.05) is 0 Å². The third-order valence-corrected chi connectivity index (χ3v) is 10.9. The highest BCUT2D eigenvalue weighted by atomic mass is 33.1. The van der Waals surface area contributed by atoms with Crippen molar-refractivity contribution in [2.24, 2.45) is 23.2 Å². The van der Waals surface area contributed by atoms with Gasteiger partial charge in [0.1, 0.15) is 12.1 Å². The van der Waals surface area contributed by atoms with E-state index in [1.165, 1.54) is 64.4 Å². The molecule has 1 saturated heterocycles. The van der Waals surface area contributed by atoms with Gasteiger partial charge in [0.05, 0.1) is 5.88 Å². The van der Waals surface area contributed by atoms with Gasteiger partial charge in [0, 0.05) is 36.1 Å². The molecule has 11 heteroatoms. The summed E-state index contributed by atoms with van der Waals surface area (Å²) < 4.78 is 0. The molecule has 5 aliphatic rings. The lowest BCUT2D eigenvalue weighted by molar-refractivity contribution is -0.146. The highest BCUT2D eigenvalue weighted by Gasteiger charge is 2.54. The Balaban J connectivity index is 1.15. The van der Waals surface area contributed by atoms with Gasteiger partial charge in [-0.2, -0.15) is 0 Å². The van der Waals surface area contributed by atoms with Crippen LogP contribution in [0, 0.1) is 23.2 Å². The van der Waals surface area contributed by atoms with Gasteiger partial charge in [-0.05, 0) is 56.3 Å². The molecule has 4 aliphatic carbocycles. The first kappa shape index (κ1) is 25.0. The quantitative estimate of drug-likeness (QED) is 0.300. The van der Waals surface area contributed by atoms with Crippen LogP contribution in [0.4, 0.5) is 0 Å². The average Bonchev–Trinajstić information content (AvgIpc) is 3.24. The van der Waals surface area contributed by atoms with Gasteiger partial charge in [0.2, 0.25) is 17.7 Å². The zero-order valence-corrected chi connectivity index (χ0v) is 21.4. The van der Waals surface area contributed by atoms with Crippen LogP contribution in [0.5, 0.6) is 0 Å². The fourth-order valence-corrected chi connectivity index (χ4v) is 9.65. The molecular weight excluding hydrogens is 482 g/mol. The van der Waals surface area contributed by atoms with E-state index < -0.39 is 24.0 Å². The topological polar surface area (TPSA) is 116 Å². The molecule has 0 spiro atoms. The fourth-order valence-electron chi connectivity index (χ4n) is 6.37. The standard InChI is InChI=1S/C22H33N3O5S3/c1-13(26)25-12-31-11-18(25)19(27)24-17(20(28)29)10-33-32-3-2-23-21(30)22-7-14-4-15(8-22)6-16(5-14)9-22/h14-18H,2-12H2,1H3,(H,23,30)(H,24,27)(H,28,29)/t14?,15?,16?,17-,18-,22?/m0/s1. The van der Waals surface area contributed by atoms with Crippen molar-refractivity contribution in [3.63, 3.8) is 0 Å². The van der Waals surface area contributed by atoms with E-state index in [0.29, 0.717) is 23.9 Å².